The van der Waals surface area contributed by atoms with E-state index in [0.717, 1.165) is 35.8 Å². The summed E-state index contributed by atoms with van der Waals surface area (Å²) in [5.74, 6) is 2.40. The smallest absolute Gasteiger partial charge is 0.292 e. The van der Waals surface area contributed by atoms with Gasteiger partial charge in [-0.2, -0.15) is 4.98 Å². The van der Waals surface area contributed by atoms with Crippen LogP contribution in [-0.2, 0) is 12.8 Å². The van der Waals surface area contributed by atoms with Crippen LogP contribution in [0.25, 0.3) is 0 Å². The number of nitrogens with zero attached hydrogens (tertiary/aromatic N) is 1. The number of aryl methyl sites for hydroxylation is 3. The molecule has 0 spiro atoms. The first-order chi connectivity index (χ1) is 8.72. The molecule has 1 aliphatic rings. The first-order valence-electron chi connectivity index (χ1n) is 5.82. The molecule has 0 radical (unpaired) electrons. The van der Waals surface area contributed by atoms with E-state index in [-0.39, 0.29) is 6.01 Å². The molecule has 0 saturated carbocycles. The van der Waals surface area contributed by atoms with Gasteiger partial charge in [-0.05, 0) is 37.5 Å². The third-order valence-corrected chi connectivity index (χ3v) is 3.00. The summed E-state index contributed by atoms with van der Waals surface area (Å²) in [5.41, 5.74) is 7.60. The molecule has 5 nitrogen and oxygen atoms in total. The van der Waals surface area contributed by atoms with Gasteiger partial charge in [0.05, 0.1) is 5.69 Å². The van der Waals surface area contributed by atoms with Crippen LogP contribution in [0.1, 0.15) is 17.0 Å². The molecule has 0 bridgehead atoms. The number of rotatable bonds is 3. The Hall–Kier alpha value is -2.17. The third kappa shape index (κ3) is 1.99. The van der Waals surface area contributed by atoms with Gasteiger partial charge in [-0.15, -0.1) is 0 Å². The summed E-state index contributed by atoms with van der Waals surface area (Å²) in [6.07, 6.45) is 1.66. The number of hydrogen-bond donors (Lipinski definition) is 1. The van der Waals surface area contributed by atoms with Crippen LogP contribution in [0.5, 0.6) is 11.5 Å². The van der Waals surface area contributed by atoms with Crippen LogP contribution in [0.3, 0.4) is 0 Å². The summed E-state index contributed by atoms with van der Waals surface area (Å²) in [4.78, 5) is 4.15. The number of nitrogens with two attached hydrogens (primary N) is 1. The van der Waals surface area contributed by atoms with E-state index >= 15 is 0 Å². The summed E-state index contributed by atoms with van der Waals surface area (Å²) in [7, 11) is 0. The number of aromatic nitrogens is 1. The second-order valence-electron chi connectivity index (χ2n) is 4.24. The highest BCUT2D eigenvalue weighted by Gasteiger charge is 2.14. The van der Waals surface area contributed by atoms with Gasteiger partial charge in [0.15, 0.2) is 11.5 Å². The minimum absolute atomic E-state index is 0.230. The molecule has 2 heterocycles. The van der Waals surface area contributed by atoms with Crippen LogP contribution in [0.4, 0.5) is 6.01 Å². The molecule has 1 aliphatic heterocycles. The fourth-order valence-corrected chi connectivity index (χ4v) is 2.04. The Morgan fingerprint density at radius 3 is 2.83 bits per heavy atom. The normalized spacial score (nSPS) is 12.9. The number of nitrogen functional groups attached to an aromatic ring is 1. The largest absolute Gasteiger partial charge is 0.454 e. The Kier molecular flexibility index (Phi) is 2.59. The fourth-order valence-electron chi connectivity index (χ4n) is 2.04. The number of ether oxygens (including phenoxy) is 2. The average Bonchev–Trinajstić information content (AvgIpc) is 2.92. The Labute approximate surface area is 105 Å². The molecular formula is C13H14N2O3. The second kappa shape index (κ2) is 4.25. The molecule has 0 atom stereocenters. The minimum Gasteiger partial charge on any atom is -0.454 e. The van der Waals surface area contributed by atoms with Gasteiger partial charge in [0, 0.05) is 0 Å². The van der Waals surface area contributed by atoms with Crippen molar-refractivity contribution in [2.75, 3.05) is 12.5 Å². The number of benzene rings is 1. The first-order valence-corrected chi connectivity index (χ1v) is 5.82. The van der Waals surface area contributed by atoms with E-state index in [1.165, 1.54) is 5.56 Å². The molecule has 2 aromatic rings. The zero-order chi connectivity index (χ0) is 12.5. The highest BCUT2D eigenvalue weighted by molar-refractivity contribution is 5.44. The van der Waals surface area contributed by atoms with Crippen molar-refractivity contribution >= 4 is 6.01 Å². The highest BCUT2D eigenvalue weighted by atomic mass is 16.7. The van der Waals surface area contributed by atoms with E-state index in [9.17, 15) is 0 Å². The first kappa shape index (κ1) is 11.0. The van der Waals surface area contributed by atoms with Crippen molar-refractivity contribution in [2.24, 2.45) is 0 Å². The minimum atomic E-state index is 0.230. The highest BCUT2D eigenvalue weighted by Crippen LogP contribution is 2.32. The van der Waals surface area contributed by atoms with Crippen LogP contribution in [-0.4, -0.2) is 11.8 Å². The average molecular weight is 246 g/mol. The molecule has 5 heteroatoms. The quantitative estimate of drug-likeness (QED) is 0.897. The summed E-state index contributed by atoms with van der Waals surface area (Å²) in [5, 5.41) is 0. The topological polar surface area (TPSA) is 70.5 Å². The van der Waals surface area contributed by atoms with Gasteiger partial charge >= 0.3 is 0 Å². The van der Waals surface area contributed by atoms with Crippen LogP contribution < -0.4 is 15.2 Å². The lowest BCUT2D eigenvalue weighted by Crippen LogP contribution is -1.94. The molecular weight excluding hydrogens is 232 g/mol. The van der Waals surface area contributed by atoms with Gasteiger partial charge in [-0.1, -0.05) is 6.07 Å². The molecule has 0 saturated heterocycles. The Morgan fingerprint density at radius 1 is 1.22 bits per heavy atom. The van der Waals surface area contributed by atoms with Crippen molar-refractivity contribution in [2.45, 2.75) is 19.8 Å². The maximum atomic E-state index is 5.51. The summed E-state index contributed by atoms with van der Waals surface area (Å²) >= 11 is 0. The number of anilines is 1. The zero-order valence-electron chi connectivity index (χ0n) is 10.1. The van der Waals surface area contributed by atoms with Gasteiger partial charge in [0.2, 0.25) is 6.79 Å². The van der Waals surface area contributed by atoms with E-state index in [2.05, 4.69) is 4.98 Å². The number of hydrogen-bond acceptors (Lipinski definition) is 5. The van der Waals surface area contributed by atoms with Gasteiger partial charge in [-0.25, -0.2) is 0 Å². The van der Waals surface area contributed by atoms with Crippen LogP contribution in [0, 0.1) is 6.92 Å². The van der Waals surface area contributed by atoms with E-state index in [1.807, 2.05) is 25.1 Å². The van der Waals surface area contributed by atoms with E-state index in [4.69, 9.17) is 19.6 Å². The van der Waals surface area contributed by atoms with Gasteiger partial charge < -0.3 is 19.6 Å². The van der Waals surface area contributed by atoms with Crippen molar-refractivity contribution in [1.82, 2.24) is 4.98 Å². The standard InChI is InChI=1S/C13H14N2O3/c1-8-10(15-13(14)18-8)4-2-9-3-5-11-12(6-9)17-7-16-11/h3,5-6H,2,4,7H2,1H3,(H2,14,15). The molecule has 3 rings (SSSR count). The van der Waals surface area contributed by atoms with Gasteiger partial charge in [0.1, 0.15) is 5.76 Å². The molecule has 1 aromatic heterocycles. The predicted octanol–water partition coefficient (Wildman–Crippen LogP) is 2.08. The fraction of sp³-hybridized carbons (Fsp3) is 0.308. The number of oxazole rings is 1. The molecule has 1 aromatic carbocycles. The molecule has 0 fully saturated rings. The van der Waals surface area contributed by atoms with Crippen molar-refractivity contribution in [1.29, 1.82) is 0 Å². The van der Waals surface area contributed by atoms with Crippen molar-refractivity contribution in [3.63, 3.8) is 0 Å². The van der Waals surface area contributed by atoms with Gasteiger partial charge in [0.25, 0.3) is 6.01 Å². The monoisotopic (exact) mass is 246 g/mol. The Bertz CT molecular complexity index is 578. The molecule has 0 unspecified atom stereocenters. The lowest BCUT2D eigenvalue weighted by atomic mass is 10.1. The SMILES string of the molecule is Cc1oc(N)nc1CCc1ccc2c(c1)OCO2. The van der Waals surface area contributed by atoms with Crippen LogP contribution >= 0.6 is 0 Å². The lowest BCUT2D eigenvalue weighted by molar-refractivity contribution is 0.174. The maximum Gasteiger partial charge on any atom is 0.292 e. The van der Waals surface area contributed by atoms with Gasteiger partial charge in [-0.3, -0.25) is 0 Å². The molecule has 94 valence electrons. The molecule has 0 amide bonds. The molecule has 0 aliphatic carbocycles. The predicted molar refractivity (Wildman–Crippen MR) is 65.6 cm³/mol. The Morgan fingerprint density at radius 2 is 2.06 bits per heavy atom. The van der Waals surface area contributed by atoms with Crippen LogP contribution in [0.15, 0.2) is 22.6 Å². The van der Waals surface area contributed by atoms with Crippen molar-refractivity contribution < 1.29 is 13.9 Å². The summed E-state index contributed by atoms with van der Waals surface area (Å²) in [6, 6.07) is 6.20. The Balaban J connectivity index is 1.72. The third-order valence-electron chi connectivity index (χ3n) is 3.00. The van der Waals surface area contributed by atoms with E-state index in [0.29, 0.717) is 6.79 Å². The molecule has 2 N–H and O–H groups in total. The van der Waals surface area contributed by atoms with Crippen molar-refractivity contribution in [3.05, 3.63) is 35.2 Å². The molecule has 18 heavy (non-hydrogen) atoms. The van der Waals surface area contributed by atoms with Crippen molar-refractivity contribution in [3.8, 4) is 11.5 Å². The van der Waals surface area contributed by atoms with E-state index < -0.39 is 0 Å². The second-order valence-corrected chi connectivity index (χ2v) is 4.24. The number of fused-ring (bicyclic) bond motifs is 1. The van der Waals surface area contributed by atoms with Crippen LogP contribution in [0.2, 0.25) is 0 Å². The summed E-state index contributed by atoms with van der Waals surface area (Å²) < 4.78 is 15.8. The summed E-state index contributed by atoms with van der Waals surface area (Å²) in [6.45, 7) is 2.18. The maximum absolute atomic E-state index is 5.51. The zero-order valence-corrected chi connectivity index (χ0v) is 10.1. The van der Waals surface area contributed by atoms with E-state index in [1.54, 1.807) is 0 Å². The lowest BCUT2D eigenvalue weighted by Gasteiger charge is -2.02.